The molecule has 1 aromatic rings. The summed E-state index contributed by atoms with van der Waals surface area (Å²) in [5.41, 5.74) is 0.645. The number of sulfone groups is 1. The summed E-state index contributed by atoms with van der Waals surface area (Å²) in [5, 5.41) is 2.15. The summed E-state index contributed by atoms with van der Waals surface area (Å²) in [6.45, 7) is 4.92. The van der Waals surface area contributed by atoms with Crippen LogP contribution < -0.4 is 5.32 Å². The molecule has 0 saturated carbocycles. The number of rotatable bonds is 8. The first-order chi connectivity index (χ1) is 11.1. The molecule has 1 rings (SSSR count). The fraction of sp³-hybridized carbons (Fsp3) is 0.562. The smallest absolute Gasteiger partial charge is 0.324 e. The molecule has 0 aliphatic rings. The van der Waals surface area contributed by atoms with Crippen LogP contribution >= 0.6 is 27.5 Å². The van der Waals surface area contributed by atoms with E-state index in [4.69, 9.17) is 16.3 Å². The summed E-state index contributed by atoms with van der Waals surface area (Å²) in [6.07, 6.45) is 0. The molecule has 1 aromatic carbocycles. The van der Waals surface area contributed by atoms with Gasteiger partial charge in [-0.15, -0.1) is 11.6 Å². The maximum absolute atomic E-state index is 13.2. The van der Waals surface area contributed by atoms with Crippen molar-refractivity contribution in [1.29, 1.82) is 0 Å². The van der Waals surface area contributed by atoms with Gasteiger partial charge in [0.25, 0.3) is 0 Å². The molecule has 0 aromatic heterocycles. The molecule has 0 heterocycles. The standard InChI is InChI=1S/C16H23BrClNO4S/c1-5-23-15(20)13(19-4)14(18)16(2,3)24(21,22)12-9-7-6-8-11(12)10-17/h6-9,13-14,19H,5,10H2,1-4H3/t13-,14?/m0/s1. The Balaban J connectivity index is 3.32. The van der Waals surface area contributed by atoms with E-state index in [2.05, 4.69) is 21.2 Å². The molecule has 136 valence electrons. The van der Waals surface area contributed by atoms with E-state index in [1.807, 2.05) is 0 Å². The second-order valence-electron chi connectivity index (χ2n) is 5.77. The molecule has 24 heavy (non-hydrogen) atoms. The molecule has 0 saturated heterocycles. The van der Waals surface area contributed by atoms with E-state index in [9.17, 15) is 13.2 Å². The van der Waals surface area contributed by atoms with E-state index in [0.717, 1.165) is 0 Å². The lowest BCUT2D eigenvalue weighted by Gasteiger charge is -2.34. The third kappa shape index (κ3) is 4.12. The molecule has 5 nitrogen and oxygen atoms in total. The fourth-order valence-electron chi connectivity index (χ4n) is 2.33. The summed E-state index contributed by atoms with van der Waals surface area (Å²) in [7, 11) is -2.25. The van der Waals surface area contributed by atoms with Crippen LogP contribution in [-0.4, -0.2) is 44.2 Å². The van der Waals surface area contributed by atoms with E-state index in [-0.39, 0.29) is 11.5 Å². The number of ether oxygens (including phenoxy) is 1. The lowest BCUT2D eigenvalue weighted by Crippen LogP contribution is -2.55. The fourth-order valence-corrected chi connectivity index (χ4v) is 5.32. The quantitative estimate of drug-likeness (QED) is 0.497. The predicted octanol–water partition coefficient (Wildman–Crippen LogP) is 2.89. The van der Waals surface area contributed by atoms with Crippen LogP contribution in [0.4, 0.5) is 0 Å². The summed E-state index contributed by atoms with van der Waals surface area (Å²) in [6, 6.07) is 5.79. The molecular formula is C16H23BrClNO4S. The Morgan fingerprint density at radius 3 is 2.46 bits per heavy atom. The molecule has 1 unspecified atom stereocenters. The Hall–Kier alpha value is -0.630. The molecule has 0 aliphatic carbocycles. The third-order valence-electron chi connectivity index (χ3n) is 3.91. The van der Waals surface area contributed by atoms with E-state index in [1.54, 1.807) is 38.2 Å². The molecule has 0 amide bonds. The van der Waals surface area contributed by atoms with Gasteiger partial charge in [0.1, 0.15) is 6.04 Å². The Bertz CT molecular complexity index is 678. The van der Waals surface area contributed by atoms with Crippen molar-refractivity contribution in [2.75, 3.05) is 13.7 Å². The first-order valence-electron chi connectivity index (χ1n) is 7.51. The molecule has 1 N–H and O–H groups in total. The Kier molecular flexibility index (Phi) is 7.72. The Labute approximate surface area is 157 Å². The lowest BCUT2D eigenvalue weighted by atomic mass is 10.0. The van der Waals surface area contributed by atoms with E-state index < -0.39 is 32.0 Å². The van der Waals surface area contributed by atoms with Gasteiger partial charge in [-0.1, -0.05) is 34.1 Å². The number of nitrogens with one attached hydrogen (secondary N) is 1. The molecule has 0 radical (unpaired) electrons. The number of halogens is 2. The van der Waals surface area contributed by atoms with Gasteiger partial charge in [0.15, 0.2) is 9.84 Å². The number of benzene rings is 1. The van der Waals surface area contributed by atoms with Gasteiger partial charge in [0.05, 0.1) is 21.6 Å². The van der Waals surface area contributed by atoms with Crippen molar-refractivity contribution in [1.82, 2.24) is 5.32 Å². The van der Waals surface area contributed by atoms with Crippen molar-refractivity contribution in [3.63, 3.8) is 0 Å². The average molecular weight is 441 g/mol. The van der Waals surface area contributed by atoms with Crippen molar-refractivity contribution in [3.8, 4) is 0 Å². The van der Waals surface area contributed by atoms with Crippen LogP contribution in [-0.2, 0) is 24.7 Å². The number of hydrogen-bond donors (Lipinski definition) is 1. The highest BCUT2D eigenvalue weighted by molar-refractivity contribution is 9.08. The molecule has 0 aliphatic heterocycles. The first kappa shape index (κ1) is 21.4. The number of esters is 1. The van der Waals surface area contributed by atoms with E-state index in [1.165, 1.54) is 13.8 Å². The molecule has 0 spiro atoms. The van der Waals surface area contributed by atoms with Gasteiger partial charge >= 0.3 is 5.97 Å². The Morgan fingerprint density at radius 2 is 1.96 bits per heavy atom. The van der Waals surface area contributed by atoms with E-state index in [0.29, 0.717) is 10.9 Å². The summed E-state index contributed by atoms with van der Waals surface area (Å²) < 4.78 is 30.0. The van der Waals surface area contributed by atoms with Crippen molar-refractivity contribution < 1.29 is 17.9 Å². The molecule has 0 fully saturated rings. The van der Waals surface area contributed by atoms with Gasteiger partial charge in [-0.3, -0.25) is 4.79 Å². The highest BCUT2D eigenvalue weighted by Gasteiger charge is 2.48. The molecule has 0 bridgehead atoms. The van der Waals surface area contributed by atoms with E-state index >= 15 is 0 Å². The second kappa shape index (κ2) is 8.65. The van der Waals surface area contributed by atoms with Crippen LogP contribution in [0.5, 0.6) is 0 Å². The highest BCUT2D eigenvalue weighted by Crippen LogP contribution is 2.35. The SMILES string of the molecule is CCOC(=O)[C@@H](NC)C(Cl)C(C)(C)S(=O)(=O)c1ccccc1CBr. The summed E-state index contributed by atoms with van der Waals surface area (Å²) in [4.78, 5) is 12.3. The van der Waals surface area contributed by atoms with Gasteiger partial charge in [-0.25, -0.2) is 8.42 Å². The van der Waals surface area contributed by atoms with Crippen LogP contribution in [0, 0.1) is 0 Å². The van der Waals surface area contributed by atoms with Crippen LogP contribution in [0.1, 0.15) is 26.3 Å². The molecule has 8 heteroatoms. The third-order valence-corrected chi connectivity index (χ3v) is 8.05. The number of carbonyl (C=O) groups excluding carboxylic acids is 1. The number of alkyl halides is 2. The van der Waals surface area contributed by atoms with Gasteiger partial charge < -0.3 is 10.1 Å². The van der Waals surface area contributed by atoms with Crippen LogP contribution in [0.15, 0.2) is 29.2 Å². The predicted molar refractivity (Wildman–Crippen MR) is 99.5 cm³/mol. The van der Waals surface area contributed by atoms with Gasteiger partial charge in [-0.2, -0.15) is 0 Å². The topological polar surface area (TPSA) is 72.5 Å². The highest BCUT2D eigenvalue weighted by atomic mass is 79.9. The molecule has 2 atom stereocenters. The zero-order valence-electron chi connectivity index (χ0n) is 14.2. The van der Waals surface area contributed by atoms with Gasteiger partial charge in [-0.05, 0) is 39.4 Å². The van der Waals surface area contributed by atoms with Gasteiger partial charge in [0.2, 0.25) is 0 Å². The first-order valence-corrected chi connectivity index (χ1v) is 10.6. The summed E-state index contributed by atoms with van der Waals surface area (Å²) in [5.74, 6) is -0.572. The maximum Gasteiger partial charge on any atom is 0.324 e. The van der Waals surface area contributed by atoms with Crippen LogP contribution in [0.25, 0.3) is 0 Å². The summed E-state index contributed by atoms with van der Waals surface area (Å²) >= 11 is 9.75. The van der Waals surface area contributed by atoms with Crippen molar-refractivity contribution >= 4 is 43.3 Å². The monoisotopic (exact) mass is 439 g/mol. The number of carbonyl (C=O) groups is 1. The minimum atomic E-state index is -3.79. The van der Waals surface area contributed by atoms with Crippen LogP contribution in [0.3, 0.4) is 0 Å². The minimum Gasteiger partial charge on any atom is -0.465 e. The zero-order chi connectivity index (χ0) is 18.5. The van der Waals surface area contributed by atoms with Crippen molar-refractivity contribution in [2.45, 2.75) is 47.2 Å². The van der Waals surface area contributed by atoms with Crippen LogP contribution in [0.2, 0.25) is 0 Å². The van der Waals surface area contributed by atoms with Gasteiger partial charge in [0, 0.05) is 5.33 Å². The second-order valence-corrected chi connectivity index (χ2v) is 9.30. The van der Waals surface area contributed by atoms with Crippen molar-refractivity contribution in [3.05, 3.63) is 29.8 Å². The maximum atomic E-state index is 13.2. The number of hydrogen-bond acceptors (Lipinski definition) is 5. The Morgan fingerprint density at radius 1 is 1.38 bits per heavy atom. The van der Waals surface area contributed by atoms with Crippen molar-refractivity contribution in [2.24, 2.45) is 0 Å². The largest absolute Gasteiger partial charge is 0.465 e. The normalized spacial score (nSPS) is 14.9. The molecular weight excluding hydrogens is 418 g/mol. The number of likely N-dealkylation sites (N-methyl/N-ethyl adjacent to an activating group) is 1. The lowest BCUT2D eigenvalue weighted by molar-refractivity contribution is -0.145. The minimum absolute atomic E-state index is 0.195. The zero-order valence-corrected chi connectivity index (χ0v) is 17.3. The average Bonchev–Trinajstić information content (AvgIpc) is 2.55.